The molecule has 1 aliphatic rings. The number of anilines is 1. The topological polar surface area (TPSA) is 59.9 Å². The molecular formula is C16H19FN4O. The van der Waals surface area contributed by atoms with Gasteiger partial charge in [0.05, 0.1) is 12.2 Å². The lowest BCUT2D eigenvalue weighted by molar-refractivity contribution is 0.182. The number of ether oxygens (including phenoxy) is 1. The molecular weight excluding hydrogens is 283 g/mol. The fourth-order valence-electron chi connectivity index (χ4n) is 2.51. The number of hydrogen-bond acceptors (Lipinski definition) is 5. The van der Waals surface area contributed by atoms with Gasteiger partial charge in [0.2, 0.25) is 5.95 Å². The molecule has 0 aliphatic carbocycles. The zero-order valence-corrected chi connectivity index (χ0v) is 12.7. The third-order valence-electron chi connectivity index (χ3n) is 3.90. The summed E-state index contributed by atoms with van der Waals surface area (Å²) in [6.07, 6.45) is 0. The maximum absolute atomic E-state index is 13.9. The van der Waals surface area contributed by atoms with Crippen LogP contribution in [0.4, 0.5) is 10.3 Å². The number of halogens is 1. The number of rotatable bonds is 4. The first-order valence-corrected chi connectivity index (χ1v) is 7.42. The molecule has 0 radical (unpaired) electrons. The summed E-state index contributed by atoms with van der Waals surface area (Å²) in [7, 11) is 0. The summed E-state index contributed by atoms with van der Waals surface area (Å²) < 4.78 is 19.3. The van der Waals surface area contributed by atoms with Crippen molar-refractivity contribution in [2.45, 2.75) is 13.8 Å². The van der Waals surface area contributed by atoms with Crippen molar-refractivity contribution in [3.63, 3.8) is 0 Å². The third kappa shape index (κ3) is 3.22. The molecule has 1 N–H and O–H groups in total. The Morgan fingerprint density at radius 2 is 2.05 bits per heavy atom. The Bertz CT molecular complexity index is 664. The van der Waals surface area contributed by atoms with Crippen LogP contribution in [0.3, 0.4) is 0 Å². The van der Waals surface area contributed by atoms with E-state index in [0.717, 1.165) is 19.8 Å². The highest BCUT2D eigenvalue weighted by Gasteiger charge is 2.24. The van der Waals surface area contributed by atoms with Crippen molar-refractivity contribution in [3.8, 4) is 11.4 Å². The molecule has 2 unspecified atom stereocenters. The molecule has 1 aliphatic heterocycles. The first-order chi connectivity index (χ1) is 10.6. The summed E-state index contributed by atoms with van der Waals surface area (Å²) in [5.74, 6) is 2.01. The first-order valence-electron chi connectivity index (χ1n) is 7.42. The van der Waals surface area contributed by atoms with Gasteiger partial charge >= 0.3 is 0 Å². The summed E-state index contributed by atoms with van der Waals surface area (Å²) in [6.45, 7) is 6.23. The molecule has 1 fully saturated rings. The van der Waals surface area contributed by atoms with Crippen LogP contribution in [0.25, 0.3) is 11.4 Å². The smallest absolute Gasteiger partial charge is 0.226 e. The van der Waals surface area contributed by atoms with Crippen molar-refractivity contribution in [1.29, 1.82) is 0 Å². The van der Waals surface area contributed by atoms with Gasteiger partial charge < -0.3 is 10.1 Å². The largest absolute Gasteiger partial charge is 0.381 e. The van der Waals surface area contributed by atoms with E-state index in [1.807, 2.05) is 0 Å². The summed E-state index contributed by atoms with van der Waals surface area (Å²) in [5.41, 5.74) is 0.383. The standard InChI is InChI=1S/C16H19FN4O/c1-10-8-22-9-12(10)7-18-16-20-11(2)19-15(21-16)13-5-3-4-6-14(13)17/h3-6,10,12H,7-9H2,1-2H3,(H,18,19,20,21). The third-order valence-corrected chi connectivity index (χ3v) is 3.90. The number of nitrogens with zero attached hydrogens (tertiary/aromatic N) is 3. The van der Waals surface area contributed by atoms with Gasteiger partial charge in [0.15, 0.2) is 5.82 Å². The van der Waals surface area contributed by atoms with E-state index in [4.69, 9.17) is 4.74 Å². The lowest BCUT2D eigenvalue weighted by Crippen LogP contribution is -2.21. The van der Waals surface area contributed by atoms with Gasteiger partial charge in [0, 0.05) is 19.1 Å². The predicted octanol–water partition coefficient (Wildman–Crippen LogP) is 2.68. The minimum Gasteiger partial charge on any atom is -0.381 e. The van der Waals surface area contributed by atoms with Gasteiger partial charge in [-0.3, -0.25) is 0 Å². The molecule has 1 aromatic heterocycles. The molecule has 6 heteroatoms. The van der Waals surface area contributed by atoms with Gasteiger partial charge in [-0.25, -0.2) is 9.37 Å². The zero-order chi connectivity index (χ0) is 15.5. The minimum atomic E-state index is -0.336. The van der Waals surface area contributed by atoms with Crippen molar-refractivity contribution in [1.82, 2.24) is 15.0 Å². The Hall–Kier alpha value is -2.08. The fourth-order valence-corrected chi connectivity index (χ4v) is 2.51. The Balaban J connectivity index is 1.79. The molecule has 0 amide bonds. The van der Waals surface area contributed by atoms with Crippen molar-refractivity contribution < 1.29 is 9.13 Å². The summed E-state index contributed by atoms with van der Waals surface area (Å²) in [4.78, 5) is 12.8. The van der Waals surface area contributed by atoms with E-state index >= 15 is 0 Å². The lowest BCUT2D eigenvalue weighted by Gasteiger charge is -2.14. The quantitative estimate of drug-likeness (QED) is 0.941. The van der Waals surface area contributed by atoms with E-state index < -0.39 is 0 Å². The van der Waals surface area contributed by atoms with Gasteiger partial charge in [-0.05, 0) is 25.0 Å². The minimum absolute atomic E-state index is 0.336. The first kappa shape index (κ1) is 14.8. The number of benzene rings is 1. The molecule has 2 heterocycles. The van der Waals surface area contributed by atoms with Crippen LogP contribution >= 0.6 is 0 Å². The number of aromatic nitrogens is 3. The highest BCUT2D eigenvalue weighted by atomic mass is 19.1. The predicted molar refractivity (Wildman–Crippen MR) is 81.9 cm³/mol. The van der Waals surface area contributed by atoms with E-state index in [9.17, 15) is 4.39 Å². The molecule has 0 saturated carbocycles. The Morgan fingerprint density at radius 1 is 1.23 bits per heavy atom. The molecule has 0 spiro atoms. The van der Waals surface area contributed by atoms with Crippen molar-refractivity contribution >= 4 is 5.95 Å². The zero-order valence-electron chi connectivity index (χ0n) is 12.7. The highest BCUT2D eigenvalue weighted by Crippen LogP contribution is 2.22. The van der Waals surface area contributed by atoms with Gasteiger partial charge in [0.1, 0.15) is 11.6 Å². The van der Waals surface area contributed by atoms with E-state index in [0.29, 0.717) is 35.0 Å². The normalized spacial score (nSPS) is 21.0. The van der Waals surface area contributed by atoms with E-state index in [1.165, 1.54) is 6.07 Å². The molecule has 2 aromatic rings. The molecule has 22 heavy (non-hydrogen) atoms. The average Bonchev–Trinajstić information content (AvgIpc) is 2.90. The van der Waals surface area contributed by atoms with Gasteiger partial charge in [-0.2, -0.15) is 9.97 Å². The summed E-state index contributed by atoms with van der Waals surface area (Å²) >= 11 is 0. The van der Waals surface area contributed by atoms with E-state index in [2.05, 4.69) is 27.2 Å². The lowest BCUT2D eigenvalue weighted by atomic mass is 9.98. The van der Waals surface area contributed by atoms with Crippen LogP contribution in [-0.2, 0) is 4.74 Å². The molecule has 116 valence electrons. The molecule has 0 bridgehead atoms. The average molecular weight is 302 g/mol. The van der Waals surface area contributed by atoms with E-state index in [-0.39, 0.29) is 5.82 Å². The van der Waals surface area contributed by atoms with Crippen LogP contribution in [0.2, 0.25) is 0 Å². The Labute approximate surface area is 129 Å². The highest BCUT2D eigenvalue weighted by molar-refractivity contribution is 5.56. The van der Waals surface area contributed by atoms with Crippen LogP contribution in [0.15, 0.2) is 24.3 Å². The van der Waals surface area contributed by atoms with Crippen molar-refractivity contribution in [3.05, 3.63) is 35.9 Å². The van der Waals surface area contributed by atoms with Crippen LogP contribution in [-0.4, -0.2) is 34.7 Å². The van der Waals surface area contributed by atoms with Crippen molar-refractivity contribution in [2.24, 2.45) is 11.8 Å². The molecule has 2 atom stereocenters. The maximum Gasteiger partial charge on any atom is 0.226 e. The number of hydrogen-bond donors (Lipinski definition) is 1. The van der Waals surface area contributed by atoms with E-state index in [1.54, 1.807) is 25.1 Å². The number of aryl methyl sites for hydroxylation is 1. The van der Waals surface area contributed by atoms with Crippen molar-refractivity contribution in [2.75, 3.05) is 25.1 Å². The second-order valence-corrected chi connectivity index (χ2v) is 5.67. The molecule has 1 saturated heterocycles. The van der Waals surface area contributed by atoms with Crippen LogP contribution in [0, 0.1) is 24.6 Å². The summed E-state index contributed by atoms with van der Waals surface area (Å²) in [5, 5.41) is 3.22. The Morgan fingerprint density at radius 3 is 2.77 bits per heavy atom. The molecule has 1 aromatic carbocycles. The fraction of sp³-hybridized carbons (Fsp3) is 0.438. The van der Waals surface area contributed by atoms with Crippen LogP contribution < -0.4 is 5.32 Å². The number of nitrogens with one attached hydrogen (secondary N) is 1. The SMILES string of the molecule is Cc1nc(NCC2COCC2C)nc(-c2ccccc2F)n1. The van der Waals surface area contributed by atoms with Gasteiger partial charge in [-0.1, -0.05) is 19.1 Å². The molecule has 3 rings (SSSR count). The van der Waals surface area contributed by atoms with Crippen LogP contribution in [0.5, 0.6) is 0 Å². The second kappa shape index (κ2) is 6.36. The van der Waals surface area contributed by atoms with Gasteiger partial charge in [0.25, 0.3) is 0 Å². The molecule has 5 nitrogen and oxygen atoms in total. The van der Waals surface area contributed by atoms with Crippen LogP contribution in [0.1, 0.15) is 12.7 Å². The monoisotopic (exact) mass is 302 g/mol. The second-order valence-electron chi connectivity index (χ2n) is 5.67. The van der Waals surface area contributed by atoms with Gasteiger partial charge in [-0.15, -0.1) is 0 Å². The maximum atomic E-state index is 13.9. The summed E-state index contributed by atoms with van der Waals surface area (Å²) in [6, 6.07) is 6.48. The Kier molecular flexibility index (Phi) is 4.29.